The van der Waals surface area contributed by atoms with E-state index in [1.165, 1.54) is 0 Å². The van der Waals surface area contributed by atoms with E-state index in [1.807, 2.05) is 31.3 Å². The highest BCUT2D eigenvalue weighted by Crippen LogP contribution is 2.25. The molecular weight excluding hydrogens is 294 g/mol. The lowest BCUT2D eigenvalue weighted by molar-refractivity contribution is -0.128. The molecule has 1 amide bonds. The molecule has 23 heavy (non-hydrogen) atoms. The first-order valence-electron chi connectivity index (χ1n) is 8.11. The van der Waals surface area contributed by atoms with Crippen molar-refractivity contribution in [3.8, 4) is 5.88 Å². The largest absolute Gasteiger partial charge is 0.463 e. The molecule has 0 bridgehead atoms. The Kier molecular flexibility index (Phi) is 4.52. The number of benzene rings is 1. The van der Waals surface area contributed by atoms with E-state index in [9.17, 15) is 9.90 Å². The number of para-hydroxylation sites is 1. The van der Waals surface area contributed by atoms with Gasteiger partial charge in [0.1, 0.15) is 0 Å². The number of carbonyl (C=O) groups excluding carboxylic acids is 1. The minimum absolute atomic E-state index is 0.123. The summed E-state index contributed by atoms with van der Waals surface area (Å²) in [5, 5.41) is 17.8. The number of amides is 1. The van der Waals surface area contributed by atoms with E-state index >= 15 is 0 Å². The van der Waals surface area contributed by atoms with Crippen LogP contribution in [-0.2, 0) is 11.8 Å². The molecule has 0 radical (unpaired) electrons. The molecule has 2 aromatic rings. The molecule has 1 heterocycles. The summed E-state index contributed by atoms with van der Waals surface area (Å²) >= 11 is 0. The topological polar surface area (TPSA) is 76.4 Å². The Morgan fingerprint density at radius 1 is 1.35 bits per heavy atom. The van der Waals surface area contributed by atoms with Crippen molar-refractivity contribution >= 4 is 16.8 Å². The lowest BCUT2D eigenvalue weighted by atomic mass is 9.93. The number of aliphatic hydroxyl groups is 1. The second kappa shape index (κ2) is 6.58. The number of aliphatic hydroxyl groups excluding tert-OH is 1. The van der Waals surface area contributed by atoms with Gasteiger partial charge in [-0.15, -0.1) is 5.10 Å². The maximum atomic E-state index is 12.3. The summed E-state index contributed by atoms with van der Waals surface area (Å²) < 4.78 is 7.53. The van der Waals surface area contributed by atoms with Gasteiger partial charge < -0.3 is 15.2 Å². The molecule has 6 nitrogen and oxygen atoms in total. The predicted octanol–water partition coefficient (Wildman–Crippen LogP) is 1.76. The Hall–Kier alpha value is -2.08. The molecule has 1 saturated carbocycles. The number of carbonyl (C=O) groups is 1. The monoisotopic (exact) mass is 317 g/mol. The van der Waals surface area contributed by atoms with Crippen LogP contribution in [0, 0.1) is 0 Å². The van der Waals surface area contributed by atoms with Crippen molar-refractivity contribution in [2.75, 3.05) is 0 Å². The van der Waals surface area contributed by atoms with Gasteiger partial charge in [-0.05, 0) is 44.7 Å². The predicted molar refractivity (Wildman–Crippen MR) is 87.2 cm³/mol. The van der Waals surface area contributed by atoms with Gasteiger partial charge in [-0.3, -0.25) is 9.48 Å². The summed E-state index contributed by atoms with van der Waals surface area (Å²) in [7, 11) is 1.85. The molecule has 1 fully saturated rings. The van der Waals surface area contributed by atoms with Crippen molar-refractivity contribution in [2.45, 2.75) is 50.9 Å². The van der Waals surface area contributed by atoms with Gasteiger partial charge in [0.05, 0.1) is 17.0 Å². The average molecular weight is 317 g/mol. The van der Waals surface area contributed by atoms with Gasteiger partial charge in [0.15, 0.2) is 6.10 Å². The number of fused-ring (bicyclic) bond motifs is 1. The highest BCUT2D eigenvalue weighted by Gasteiger charge is 2.24. The Balaban J connectivity index is 1.63. The van der Waals surface area contributed by atoms with Gasteiger partial charge in [-0.1, -0.05) is 12.1 Å². The van der Waals surface area contributed by atoms with Crippen LogP contribution in [-0.4, -0.2) is 39.0 Å². The van der Waals surface area contributed by atoms with Crippen molar-refractivity contribution in [3.05, 3.63) is 24.3 Å². The molecule has 1 aliphatic rings. The van der Waals surface area contributed by atoms with Crippen LogP contribution in [0.5, 0.6) is 5.88 Å². The zero-order valence-corrected chi connectivity index (χ0v) is 13.5. The minimum Gasteiger partial charge on any atom is -0.463 e. The van der Waals surface area contributed by atoms with E-state index < -0.39 is 6.10 Å². The van der Waals surface area contributed by atoms with E-state index in [0.29, 0.717) is 5.88 Å². The van der Waals surface area contributed by atoms with Crippen LogP contribution in [0.25, 0.3) is 10.9 Å². The fourth-order valence-corrected chi connectivity index (χ4v) is 3.03. The number of aromatic nitrogens is 2. The van der Waals surface area contributed by atoms with E-state index in [2.05, 4.69) is 10.4 Å². The average Bonchev–Trinajstić information content (AvgIpc) is 2.86. The Bertz CT molecular complexity index is 689. The zero-order valence-electron chi connectivity index (χ0n) is 13.5. The van der Waals surface area contributed by atoms with Gasteiger partial charge >= 0.3 is 0 Å². The van der Waals surface area contributed by atoms with E-state index in [1.54, 1.807) is 11.6 Å². The van der Waals surface area contributed by atoms with E-state index in [-0.39, 0.29) is 18.1 Å². The minimum atomic E-state index is -0.611. The van der Waals surface area contributed by atoms with Gasteiger partial charge in [-0.25, -0.2) is 0 Å². The van der Waals surface area contributed by atoms with E-state index in [4.69, 9.17) is 4.74 Å². The summed E-state index contributed by atoms with van der Waals surface area (Å²) in [5.41, 5.74) is 0.969. The molecule has 0 saturated heterocycles. The van der Waals surface area contributed by atoms with E-state index in [0.717, 1.165) is 36.6 Å². The highest BCUT2D eigenvalue weighted by molar-refractivity contribution is 5.86. The molecular formula is C17H23N3O3. The zero-order chi connectivity index (χ0) is 16.4. The third kappa shape index (κ3) is 3.47. The summed E-state index contributed by atoms with van der Waals surface area (Å²) in [6.45, 7) is 1.73. The van der Waals surface area contributed by atoms with Crippen LogP contribution in [0.3, 0.4) is 0 Å². The number of aryl methyl sites for hydroxylation is 1. The highest BCUT2D eigenvalue weighted by atomic mass is 16.5. The van der Waals surface area contributed by atoms with Crippen molar-refractivity contribution < 1.29 is 14.6 Å². The quantitative estimate of drug-likeness (QED) is 0.901. The smallest absolute Gasteiger partial charge is 0.261 e. The van der Waals surface area contributed by atoms with Gasteiger partial charge in [0.2, 0.25) is 5.88 Å². The van der Waals surface area contributed by atoms with Crippen LogP contribution >= 0.6 is 0 Å². The summed E-state index contributed by atoms with van der Waals surface area (Å²) in [5.74, 6) is 0.339. The fraction of sp³-hybridized carbons (Fsp3) is 0.529. The van der Waals surface area contributed by atoms with Crippen LogP contribution in [0.4, 0.5) is 0 Å². The van der Waals surface area contributed by atoms with Crippen LogP contribution in [0.1, 0.15) is 32.6 Å². The van der Waals surface area contributed by atoms with Crippen LogP contribution in [0.2, 0.25) is 0 Å². The molecule has 1 aliphatic carbocycles. The van der Waals surface area contributed by atoms with Crippen molar-refractivity contribution in [3.63, 3.8) is 0 Å². The molecule has 1 atom stereocenters. The lowest BCUT2D eigenvalue weighted by Gasteiger charge is -2.27. The number of hydrogen-bond acceptors (Lipinski definition) is 4. The summed E-state index contributed by atoms with van der Waals surface area (Å²) in [6, 6.07) is 7.89. The number of hydrogen-bond donors (Lipinski definition) is 2. The van der Waals surface area contributed by atoms with Crippen LogP contribution < -0.4 is 10.1 Å². The van der Waals surface area contributed by atoms with Gasteiger partial charge in [0, 0.05) is 13.1 Å². The molecule has 1 aromatic heterocycles. The van der Waals surface area contributed by atoms with Crippen LogP contribution in [0.15, 0.2) is 24.3 Å². The SMILES string of the molecule is CC(Oc1nn(C)c2ccccc12)C(=O)NC1CCC(O)CC1. The Morgan fingerprint density at radius 3 is 2.78 bits per heavy atom. The molecule has 1 unspecified atom stereocenters. The number of nitrogens with zero attached hydrogens (tertiary/aromatic N) is 2. The molecule has 2 N–H and O–H groups in total. The first-order chi connectivity index (χ1) is 11.0. The van der Waals surface area contributed by atoms with Crippen molar-refractivity contribution in [1.29, 1.82) is 0 Å². The molecule has 6 heteroatoms. The number of ether oxygens (including phenoxy) is 1. The van der Waals surface area contributed by atoms with Gasteiger partial charge in [0.25, 0.3) is 5.91 Å². The Labute approximate surface area is 135 Å². The molecule has 1 aromatic carbocycles. The molecule has 3 rings (SSSR count). The maximum absolute atomic E-state index is 12.3. The standard InChI is InChI=1S/C17H23N3O3/c1-11(16(22)18-12-7-9-13(21)10-8-12)23-17-14-5-3-4-6-15(14)20(2)19-17/h3-6,11-13,21H,7-10H2,1-2H3,(H,18,22). The maximum Gasteiger partial charge on any atom is 0.261 e. The molecule has 124 valence electrons. The third-order valence-electron chi connectivity index (χ3n) is 4.42. The first-order valence-corrected chi connectivity index (χ1v) is 8.11. The number of nitrogens with one attached hydrogen (secondary N) is 1. The lowest BCUT2D eigenvalue weighted by Crippen LogP contribution is -2.44. The second-order valence-corrected chi connectivity index (χ2v) is 6.22. The summed E-state index contributed by atoms with van der Waals surface area (Å²) in [4.78, 5) is 12.3. The normalized spacial score (nSPS) is 22.7. The third-order valence-corrected chi connectivity index (χ3v) is 4.42. The first kappa shape index (κ1) is 15.8. The molecule has 0 aliphatic heterocycles. The van der Waals surface area contributed by atoms with Crippen molar-refractivity contribution in [1.82, 2.24) is 15.1 Å². The summed E-state index contributed by atoms with van der Waals surface area (Å²) in [6.07, 6.45) is 2.27. The van der Waals surface area contributed by atoms with Gasteiger partial charge in [-0.2, -0.15) is 0 Å². The second-order valence-electron chi connectivity index (χ2n) is 6.22. The fourth-order valence-electron chi connectivity index (χ4n) is 3.03. The Morgan fingerprint density at radius 2 is 2.04 bits per heavy atom. The van der Waals surface area contributed by atoms with Crippen molar-refractivity contribution in [2.24, 2.45) is 7.05 Å². The molecule has 0 spiro atoms. The number of rotatable bonds is 4.